The minimum Gasteiger partial charge on any atom is -0.316 e. The van der Waals surface area contributed by atoms with Gasteiger partial charge in [-0.3, -0.25) is 0 Å². The Labute approximate surface area is 99.2 Å². The maximum absolute atomic E-state index is 3.48. The molecule has 0 aromatic heterocycles. The van der Waals surface area contributed by atoms with Gasteiger partial charge in [0.15, 0.2) is 0 Å². The van der Waals surface area contributed by atoms with Gasteiger partial charge in [0.2, 0.25) is 0 Å². The van der Waals surface area contributed by atoms with E-state index in [-0.39, 0.29) is 0 Å². The summed E-state index contributed by atoms with van der Waals surface area (Å²) in [5.74, 6) is 3.59. The first-order valence-electron chi connectivity index (χ1n) is 6.37. The smallest absolute Gasteiger partial charge is 0.00721 e. The van der Waals surface area contributed by atoms with Crippen LogP contribution in [0, 0.1) is 5.92 Å². The Morgan fingerprint density at radius 1 is 1.33 bits per heavy atom. The summed E-state index contributed by atoms with van der Waals surface area (Å²) >= 11 is 2.14. The van der Waals surface area contributed by atoms with E-state index in [1.165, 1.54) is 57.1 Å². The van der Waals surface area contributed by atoms with Crippen LogP contribution in [0.1, 0.15) is 26.7 Å². The average Bonchev–Trinajstić information content (AvgIpc) is 2.31. The fraction of sp³-hybridized carbons (Fsp3) is 1.00. The highest BCUT2D eigenvalue weighted by Crippen LogP contribution is 2.16. The molecule has 1 aliphatic rings. The Morgan fingerprint density at radius 3 is 2.73 bits per heavy atom. The van der Waals surface area contributed by atoms with Gasteiger partial charge < -0.3 is 10.2 Å². The lowest BCUT2D eigenvalue weighted by atomic mass is 10.0. The van der Waals surface area contributed by atoms with E-state index in [2.05, 4.69) is 35.8 Å². The topological polar surface area (TPSA) is 15.3 Å². The summed E-state index contributed by atoms with van der Waals surface area (Å²) in [5, 5.41) is 3.48. The molecule has 0 amide bonds. The lowest BCUT2D eigenvalue weighted by Crippen LogP contribution is -2.31. The molecule has 0 spiro atoms. The molecule has 0 aromatic carbocycles. The molecule has 0 radical (unpaired) electrons. The second-order valence-electron chi connectivity index (χ2n) is 4.31. The number of thioether (sulfide) groups is 1. The van der Waals surface area contributed by atoms with Gasteiger partial charge in [0.05, 0.1) is 0 Å². The van der Waals surface area contributed by atoms with Crippen molar-refractivity contribution in [2.45, 2.75) is 26.7 Å². The lowest BCUT2D eigenvalue weighted by molar-refractivity contribution is 0.323. The molecule has 0 bridgehead atoms. The molecule has 1 unspecified atom stereocenters. The summed E-state index contributed by atoms with van der Waals surface area (Å²) in [4.78, 5) is 2.51. The summed E-state index contributed by atoms with van der Waals surface area (Å²) in [5.41, 5.74) is 0. The van der Waals surface area contributed by atoms with Crippen molar-refractivity contribution in [3.63, 3.8) is 0 Å². The van der Waals surface area contributed by atoms with Crippen molar-refractivity contribution in [1.82, 2.24) is 10.2 Å². The normalized spacial score (nSPS) is 22.2. The van der Waals surface area contributed by atoms with Crippen LogP contribution in [0.25, 0.3) is 0 Å². The zero-order valence-electron chi connectivity index (χ0n) is 10.3. The molecule has 1 fully saturated rings. The van der Waals surface area contributed by atoms with Crippen LogP contribution in [0.5, 0.6) is 0 Å². The summed E-state index contributed by atoms with van der Waals surface area (Å²) in [6, 6.07) is 0. The standard InChI is InChI=1S/C12H26N2S/c1-3-14(4-2)8-9-15-11-12-6-5-7-13-10-12/h12-13H,3-11H2,1-2H3. The molecule has 1 rings (SSSR count). The zero-order valence-corrected chi connectivity index (χ0v) is 11.1. The van der Waals surface area contributed by atoms with Gasteiger partial charge in [-0.15, -0.1) is 0 Å². The molecule has 2 nitrogen and oxygen atoms in total. The third-order valence-corrected chi connectivity index (χ3v) is 4.38. The Bertz CT molecular complexity index is 143. The average molecular weight is 230 g/mol. The fourth-order valence-corrected chi connectivity index (χ4v) is 3.22. The van der Waals surface area contributed by atoms with Crippen molar-refractivity contribution >= 4 is 11.8 Å². The fourth-order valence-electron chi connectivity index (χ4n) is 2.05. The van der Waals surface area contributed by atoms with Crippen molar-refractivity contribution in [3.05, 3.63) is 0 Å². The van der Waals surface area contributed by atoms with Gasteiger partial charge in [0, 0.05) is 12.3 Å². The van der Waals surface area contributed by atoms with E-state index >= 15 is 0 Å². The number of nitrogens with zero attached hydrogens (tertiary/aromatic N) is 1. The number of hydrogen-bond donors (Lipinski definition) is 1. The largest absolute Gasteiger partial charge is 0.316 e. The molecule has 3 heteroatoms. The molecule has 0 aliphatic carbocycles. The molecule has 0 aromatic rings. The van der Waals surface area contributed by atoms with E-state index in [0.29, 0.717) is 0 Å². The van der Waals surface area contributed by atoms with E-state index in [1.54, 1.807) is 0 Å². The monoisotopic (exact) mass is 230 g/mol. The summed E-state index contributed by atoms with van der Waals surface area (Å²) in [6.07, 6.45) is 2.81. The third-order valence-electron chi connectivity index (χ3n) is 3.20. The van der Waals surface area contributed by atoms with Gasteiger partial charge in [-0.1, -0.05) is 13.8 Å². The molecule has 1 heterocycles. The molecule has 1 aliphatic heterocycles. The Balaban J connectivity index is 1.95. The number of piperidine rings is 1. The molecule has 90 valence electrons. The van der Waals surface area contributed by atoms with E-state index in [9.17, 15) is 0 Å². The van der Waals surface area contributed by atoms with Crippen LogP contribution in [0.2, 0.25) is 0 Å². The maximum atomic E-state index is 3.48. The zero-order chi connectivity index (χ0) is 10.9. The van der Waals surface area contributed by atoms with Gasteiger partial charge >= 0.3 is 0 Å². The van der Waals surface area contributed by atoms with Crippen molar-refractivity contribution < 1.29 is 0 Å². The van der Waals surface area contributed by atoms with Crippen LogP contribution < -0.4 is 5.32 Å². The minimum absolute atomic E-state index is 0.931. The predicted octanol–water partition coefficient (Wildman–Crippen LogP) is 2.06. The molecule has 15 heavy (non-hydrogen) atoms. The summed E-state index contributed by atoms with van der Waals surface area (Å²) in [6.45, 7) is 10.6. The first kappa shape index (κ1) is 13.3. The highest BCUT2D eigenvalue weighted by molar-refractivity contribution is 7.99. The van der Waals surface area contributed by atoms with Gasteiger partial charge in [0.25, 0.3) is 0 Å². The van der Waals surface area contributed by atoms with Gasteiger partial charge in [0.1, 0.15) is 0 Å². The summed E-state index contributed by atoms with van der Waals surface area (Å²) < 4.78 is 0. The molecule has 1 N–H and O–H groups in total. The van der Waals surface area contributed by atoms with Gasteiger partial charge in [-0.2, -0.15) is 11.8 Å². The highest BCUT2D eigenvalue weighted by Gasteiger charge is 2.12. The van der Waals surface area contributed by atoms with Crippen molar-refractivity contribution in [2.75, 3.05) is 44.2 Å². The number of rotatable bonds is 7. The maximum Gasteiger partial charge on any atom is 0.00721 e. The molecular formula is C12H26N2S. The van der Waals surface area contributed by atoms with Gasteiger partial charge in [-0.05, 0) is 50.7 Å². The Hall–Kier alpha value is 0.270. The first-order valence-corrected chi connectivity index (χ1v) is 7.53. The van der Waals surface area contributed by atoms with Crippen LogP contribution in [-0.4, -0.2) is 49.1 Å². The number of hydrogen-bond acceptors (Lipinski definition) is 3. The van der Waals surface area contributed by atoms with Gasteiger partial charge in [-0.25, -0.2) is 0 Å². The first-order chi connectivity index (χ1) is 7.36. The molecule has 1 saturated heterocycles. The van der Waals surface area contributed by atoms with Crippen LogP contribution in [-0.2, 0) is 0 Å². The Kier molecular flexibility index (Phi) is 7.49. The molecular weight excluding hydrogens is 204 g/mol. The van der Waals surface area contributed by atoms with E-state index in [0.717, 1.165) is 5.92 Å². The second-order valence-corrected chi connectivity index (χ2v) is 5.46. The quantitative estimate of drug-likeness (QED) is 0.674. The lowest BCUT2D eigenvalue weighted by Gasteiger charge is -2.23. The van der Waals surface area contributed by atoms with Crippen molar-refractivity contribution in [1.29, 1.82) is 0 Å². The van der Waals surface area contributed by atoms with Crippen LogP contribution >= 0.6 is 11.8 Å². The highest BCUT2D eigenvalue weighted by atomic mass is 32.2. The summed E-state index contributed by atoms with van der Waals surface area (Å²) in [7, 11) is 0. The van der Waals surface area contributed by atoms with Crippen LogP contribution in [0.4, 0.5) is 0 Å². The minimum atomic E-state index is 0.931. The van der Waals surface area contributed by atoms with Crippen LogP contribution in [0.15, 0.2) is 0 Å². The van der Waals surface area contributed by atoms with E-state index < -0.39 is 0 Å². The Morgan fingerprint density at radius 2 is 2.13 bits per heavy atom. The third kappa shape index (κ3) is 5.79. The van der Waals surface area contributed by atoms with Crippen molar-refractivity contribution in [3.8, 4) is 0 Å². The van der Waals surface area contributed by atoms with Crippen molar-refractivity contribution in [2.24, 2.45) is 5.92 Å². The van der Waals surface area contributed by atoms with E-state index in [1.807, 2.05) is 0 Å². The second kappa shape index (κ2) is 8.43. The van der Waals surface area contributed by atoms with Crippen LogP contribution in [0.3, 0.4) is 0 Å². The molecule has 0 saturated carbocycles. The predicted molar refractivity (Wildman–Crippen MR) is 70.7 cm³/mol. The number of nitrogens with one attached hydrogen (secondary N) is 1. The molecule has 1 atom stereocenters. The van der Waals surface area contributed by atoms with E-state index in [4.69, 9.17) is 0 Å². The SMILES string of the molecule is CCN(CC)CCSCC1CCCNC1.